The normalized spacial score (nSPS) is 10.2. The lowest BCUT2D eigenvalue weighted by Crippen LogP contribution is -1.83. The van der Waals surface area contributed by atoms with Crippen molar-refractivity contribution in [2.24, 2.45) is 0 Å². The van der Waals surface area contributed by atoms with Gasteiger partial charge < -0.3 is 9.84 Å². The Morgan fingerprint density at radius 1 is 1.33 bits per heavy atom. The smallest absolute Gasteiger partial charge is 0.0963 e. The molecule has 0 fully saturated rings. The molecule has 1 N–H and O–H groups in total. The van der Waals surface area contributed by atoms with E-state index in [9.17, 15) is 0 Å². The Hall–Kier alpha value is -0.510. The van der Waals surface area contributed by atoms with Crippen molar-refractivity contribution in [2.45, 2.75) is 11.5 Å². The highest BCUT2D eigenvalue weighted by Gasteiger charge is 1.93. The molecular formula is C9H12O2S. The number of ether oxygens (including phenoxy) is 1. The molecule has 0 radical (unpaired) electrons. The van der Waals surface area contributed by atoms with Crippen LogP contribution in [0.3, 0.4) is 0 Å². The van der Waals surface area contributed by atoms with Crippen molar-refractivity contribution < 1.29 is 9.84 Å². The molecule has 1 aromatic carbocycles. The third-order valence-electron chi connectivity index (χ3n) is 1.45. The molecule has 0 bridgehead atoms. The van der Waals surface area contributed by atoms with E-state index in [2.05, 4.69) is 0 Å². The van der Waals surface area contributed by atoms with Crippen LogP contribution in [0, 0.1) is 0 Å². The summed E-state index contributed by atoms with van der Waals surface area (Å²) < 4.78 is 4.92. The van der Waals surface area contributed by atoms with Crippen LogP contribution >= 0.6 is 11.8 Å². The Balaban J connectivity index is 2.53. The molecule has 0 spiro atoms. The van der Waals surface area contributed by atoms with Gasteiger partial charge in [0, 0.05) is 12.0 Å². The number of hydrogen-bond donors (Lipinski definition) is 1. The first-order valence-corrected chi connectivity index (χ1v) is 4.67. The summed E-state index contributed by atoms with van der Waals surface area (Å²) in [6, 6.07) is 7.79. The van der Waals surface area contributed by atoms with Gasteiger partial charge in [0.1, 0.15) is 0 Å². The minimum absolute atomic E-state index is 0.106. The van der Waals surface area contributed by atoms with Crippen molar-refractivity contribution in [3.63, 3.8) is 0 Å². The van der Waals surface area contributed by atoms with E-state index in [1.807, 2.05) is 24.3 Å². The zero-order valence-corrected chi connectivity index (χ0v) is 7.80. The Morgan fingerprint density at radius 2 is 2.00 bits per heavy atom. The number of aliphatic hydroxyl groups is 1. The highest BCUT2D eigenvalue weighted by atomic mass is 32.2. The van der Waals surface area contributed by atoms with Crippen LogP contribution in [-0.2, 0) is 11.3 Å². The lowest BCUT2D eigenvalue weighted by molar-refractivity contribution is 0.259. The van der Waals surface area contributed by atoms with Gasteiger partial charge in [-0.05, 0) is 17.7 Å². The molecule has 0 atom stereocenters. The predicted octanol–water partition coefficient (Wildman–Crippen LogP) is 1.87. The van der Waals surface area contributed by atoms with Crippen LogP contribution in [0.1, 0.15) is 5.56 Å². The number of benzene rings is 1. The Bertz CT molecular complexity index is 220. The summed E-state index contributed by atoms with van der Waals surface area (Å²) in [7, 11) is 1.68. The highest BCUT2D eigenvalue weighted by molar-refractivity contribution is 7.99. The van der Waals surface area contributed by atoms with Gasteiger partial charge in [0.15, 0.2) is 0 Å². The summed E-state index contributed by atoms with van der Waals surface area (Å²) in [5.41, 5.74) is 0.941. The van der Waals surface area contributed by atoms with Crippen molar-refractivity contribution in [3.05, 3.63) is 29.8 Å². The molecule has 0 saturated heterocycles. The molecule has 0 unspecified atom stereocenters. The first-order chi connectivity index (χ1) is 5.86. The van der Waals surface area contributed by atoms with Gasteiger partial charge in [-0.3, -0.25) is 0 Å². The molecule has 0 heterocycles. The van der Waals surface area contributed by atoms with Gasteiger partial charge in [0.25, 0.3) is 0 Å². The molecular weight excluding hydrogens is 172 g/mol. The predicted molar refractivity (Wildman–Crippen MR) is 50.1 cm³/mol. The molecule has 1 rings (SSSR count). The molecule has 0 aliphatic heterocycles. The van der Waals surface area contributed by atoms with Crippen LogP contribution in [0.2, 0.25) is 0 Å². The second-order valence-electron chi connectivity index (χ2n) is 2.35. The third kappa shape index (κ3) is 2.85. The molecule has 66 valence electrons. The SMILES string of the molecule is COCSc1ccc(CO)cc1. The van der Waals surface area contributed by atoms with Crippen molar-refractivity contribution in [1.29, 1.82) is 0 Å². The molecule has 0 aromatic heterocycles. The van der Waals surface area contributed by atoms with Crippen molar-refractivity contribution in [3.8, 4) is 0 Å². The first-order valence-electron chi connectivity index (χ1n) is 3.68. The van der Waals surface area contributed by atoms with Gasteiger partial charge in [-0.25, -0.2) is 0 Å². The zero-order chi connectivity index (χ0) is 8.81. The molecule has 0 saturated carbocycles. The van der Waals surface area contributed by atoms with E-state index in [1.165, 1.54) is 0 Å². The van der Waals surface area contributed by atoms with Crippen molar-refractivity contribution in [1.82, 2.24) is 0 Å². The van der Waals surface area contributed by atoms with E-state index in [0.29, 0.717) is 5.94 Å². The summed E-state index contributed by atoms with van der Waals surface area (Å²) >= 11 is 1.64. The Kier molecular flexibility index (Phi) is 4.14. The Morgan fingerprint density at radius 3 is 2.50 bits per heavy atom. The molecule has 0 aliphatic carbocycles. The molecule has 3 heteroatoms. The van der Waals surface area contributed by atoms with Gasteiger partial charge in [-0.2, -0.15) is 0 Å². The highest BCUT2D eigenvalue weighted by Crippen LogP contribution is 2.17. The number of aliphatic hydroxyl groups excluding tert-OH is 1. The van der Waals surface area contributed by atoms with E-state index in [0.717, 1.165) is 10.5 Å². The van der Waals surface area contributed by atoms with Crippen molar-refractivity contribution in [2.75, 3.05) is 13.0 Å². The minimum atomic E-state index is 0.106. The summed E-state index contributed by atoms with van der Waals surface area (Å²) in [5.74, 6) is 0.665. The second kappa shape index (κ2) is 5.19. The van der Waals surface area contributed by atoms with Crippen LogP contribution in [-0.4, -0.2) is 18.2 Å². The number of rotatable bonds is 4. The van der Waals surface area contributed by atoms with Gasteiger partial charge in [-0.15, -0.1) is 0 Å². The average molecular weight is 184 g/mol. The van der Waals surface area contributed by atoms with Gasteiger partial charge >= 0.3 is 0 Å². The maximum absolute atomic E-state index is 8.77. The summed E-state index contributed by atoms with van der Waals surface area (Å²) in [5, 5.41) is 8.77. The van der Waals surface area contributed by atoms with E-state index >= 15 is 0 Å². The third-order valence-corrected chi connectivity index (χ3v) is 2.41. The first kappa shape index (κ1) is 9.58. The van der Waals surface area contributed by atoms with Crippen molar-refractivity contribution >= 4 is 11.8 Å². The summed E-state index contributed by atoms with van der Waals surface area (Å²) in [6.45, 7) is 0.106. The maximum Gasteiger partial charge on any atom is 0.0963 e. The van der Waals surface area contributed by atoms with Crippen LogP contribution < -0.4 is 0 Å². The molecule has 0 aliphatic rings. The lowest BCUT2D eigenvalue weighted by Gasteiger charge is -2.00. The standard InChI is InChI=1S/C9H12O2S/c1-11-7-12-9-4-2-8(6-10)3-5-9/h2-5,10H,6-7H2,1H3. The zero-order valence-electron chi connectivity index (χ0n) is 6.99. The monoisotopic (exact) mass is 184 g/mol. The topological polar surface area (TPSA) is 29.5 Å². The minimum Gasteiger partial charge on any atom is -0.392 e. The summed E-state index contributed by atoms with van der Waals surface area (Å²) in [6.07, 6.45) is 0. The van der Waals surface area contributed by atoms with Gasteiger partial charge in [0.2, 0.25) is 0 Å². The largest absolute Gasteiger partial charge is 0.392 e. The van der Waals surface area contributed by atoms with E-state index in [1.54, 1.807) is 18.9 Å². The number of methoxy groups -OCH3 is 1. The molecule has 2 nitrogen and oxygen atoms in total. The van der Waals surface area contributed by atoms with Crippen LogP contribution in [0.15, 0.2) is 29.2 Å². The maximum atomic E-state index is 8.77. The second-order valence-corrected chi connectivity index (χ2v) is 3.35. The van der Waals surface area contributed by atoms with E-state index in [-0.39, 0.29) is 6.61 Å². The van der Waals surface area contributed by atoms with Gasteiger partial charge in [0.05, 0.1) is 12.5 Å². The van der Waals surface area contributed by atoms with Gasteiger partial charge in [-0.1, -0.05) is 23.9 Å². The molecule has 0 amide bonds. The fourth-order valence-corrected chi connectivity index (χ4v) is 1.40. The quantitative estimate of drug-likeness (QED) is 0.572. The lowest BCUT2D eigenvalue weighted by atomic mass is 10.2. The fourth-order valence-electron chi connectivity index (χ4n) is 0.818. The molecule has 1 aromatic rings. The summed E-state index contributed by atoms with van der Waals surface area (Å²) in [4.78, 5) is 1.16. The average Bonchev–Trinajstić information content (AvgIpc) is 2.15. The van der Waals surface area contributed by atoms with E-state index in [4.69, 9.17) is 9.84 Å². The van der Waals surface area contributed by atoms with Crippen LogP contribution in [0.4, 0.5) is 0 Å². The number of hydrogen-bond acceptors (Lipinski definition) is 3. The number of thioether (sulfide) groups is 1. The fraction of sp³-hybridized carbons (Fsp3) is 0.333. The van der Waals surface area contributed by atoms with Crippen LogP contribution in [0.25, 0.3) is 0 Å². The van der Waals surface area contributed by atoms with Crippen LogP contribution in [0.5, 0.6) is 0 Å². The molecule has 12 heavy (non-hydrogen) atoms. The Labute approximate surface area is 76.6 Å². The van der Waals surface area contributed by atoms with E-state index < -0.39 is 0 Å².